The first kappa shape index (κ1) is 22.7. The average Bonchev–Trinajstić information content (AvgIpc) is 3.33. The van der Waals surface area contributed by atoms with E-state index >= 15 is 0 Å². The molecule has 12 nitrogen and oxygen atoms in total. The van der Waals surface area contributed by atoms with Gasteiger partial charge in [-0.1, -0.05) is 41.6 Å². The van der Waals surface area contributed by atoms with E-state index in [1.54, 1.807) is 18.2 Å². The van der Waals surface area contributed by atoms with Gasteiger partial charge in [0.1, 0.15) is 0 Å². The van der Waals surface area contributed by atoms with Gasteiger partial charge in [0.25, 0.3) is 11.6 Å². The van der Waals surface area contributed by atoms with Gasteiger partial charge in [-0.3, -0.25) is 19.7 Å². The molecular formula is C22H21N7O5. The fraction of sp³-hybridized carbons (Fsp3) is 0.273. The maximum Gasteiger partial charge on any atom is 0.276 e. The van der Waals surface area contributed by atoms with Crippen LogP contribution in [-0.2, 0) is 16.0 Å². The molecule has 1 unspecified atom stereocenters. The first-order valence-corrected chi connectivity index (χ1v) is 10.6. The molecule has 0 bridgehead atoms. The zero-order valence-corrected chi connectivity index (χ0v) is 18.0. The molecule has 2 aliphatic rings. The van der Waals surface area contributed by atoms with Gasteiger partial charge in [-0.2, -0.15) is 4.98 Å². The van der Waals surface area contributed by atoms with Crippen LogP contribution in [0, 0.1) is 16.0 Å². The molecule has 12 heteroatoms. The number of aryl methyl sites for hydroxylation is 1. The third-order valence-electron chi connectivity index (χ3n) is 5.13. The molecule has 0 spiro atoms. The summed E-state index contributed by atoms with van der Waals surface area (Å²) < 4.78 is 5.15. The van der Waals surface area contributed by atoms with Crippen LogP contribution in [0.2, 0.25) is 0 Å². The van der Waals surface area contributed by atoms with Crippen LogP contribution in [0.4, 0.5) is 5.69 Å². The van der Waals surface area contributed by atoms with Crippen LogP contribution in [-0.4, -0.2) is 40.0 Å². The van der Waals surface area contributed by atoms with E-state index in [4.69, 9.17) is 4.52 Å². The Morgan fingerprint density at radius 3 is 2.94 bits per heavy atom. The molecule has 0 saturated heterocycles. The van der Waals surface area contributed by atoms with Crippen LogP contribution < -0.4 is 10.6 Å². The van der Waals surface area contributed by atoms with E-state index in [1.807, 2.05) is 18.2 Å². The van der Waals surface area contributed by atoms with Crippen molar-refractivity contribution in [2.45, 2.75) is 19.3 Å². The van der Waals surface area contributed by atoms with Gasteiger partial charge in [-0.15, -0.1) is 10.2 Å². The number of nitrogens with one attached hydrogen (secondary N) is 2. The number of carbonyl (C=O) groups excluding carboxylic acids is 2. The number of allylic oxidation sites excluding steroid dienone is 3. The van der Waals surface area contributed by atoms with E-state index in [0.29, 0.717) is 30.9 Å². The lowest BCUT2D eigenvalue weighted by Crippen LogP contribution is -2.28. The minimum Gasteiger partial charge on any atom is -0.368 e. The largest absolute Gasteiger partial charge is 0.368 e. The summed E-state index contributed by atoms with van der Waals surface area (Å²) in [6.45, 7) is 0.999. The van der Waals surface area contributed by atoms with Crippen molar-refractivity contribution in [1.82, 2.24) is 20.8 Å². The highest BCUT2D eigenvalue weighted by atomic mass is 16.6. The molecule has 34 heavy (non-hydrogen) atoms. The molecule has 2 aromatic rings. The van der Waals surface area contributed by atoms with E-state index in [2.05, 4.69) is 31.0 Å². The second kappa shape index (κ2) is 10.4. The number of azo groups is 1. The van der Waals surface area contributed by atoms with Crippen molar-refractivity contribution in [1.29, 1.82) is 0 Å². The fourth-order valence-corrected chi connectivity index (χ4v) is 3.40. The van der Waals surface area contributed by atoms with E-state index < -0.39 is 10.8 Å². The summed E-state index contributed by atoms with van der Waals surface area (Å²) in [5.74, 6) is 0.215. The fourth-order valence-electron chi connectivity index (χ4n) is 3.40. The quantitative estimate of drug-likeness (QED) is 0.308. The number of rotatable bonds is 10. The molecule has 0 saturated carbocycles. The van der Waals surface area contributed by atoms with Crippen molar-refractivity contribution >= 4 is 17.5 Å². The molecule has 4 rings (SSSR count). The van der Waals surface area contributed by atoms with E-state index in [0.717, 1.165) is 5.57 Å². The van der Waals surface area contributed by atoms with Crippen LogP contribution in [0.1, 0.15) is 18.7 Å². The second-order valence-corrected chi connectivity index (χ2v) is 7.51. The molecule has 1 aromatic heterocycles. The molecule has 2 amide bonds. The van der Waals surface area contributed by atoms with Crippen molar-refractivity contribution in [2.24, 2.45) is 16.1 Å². The number of nitro groups is 1. The van der Waals surface area contributed by atoms with Crippen LogP contribution in [0.25, 0.3) is 11.4 Å². The molecule has 2 N–H and O–H groups in total. The summed E-state index contributed by atoms with van der Waals surface area (Å²) in [7, 11) is 0. The maximum absolute atomic E-state index is 12.1. The van der Waals surface area contributed by atoms with Crippen LogP contribution >= 0.6 is 0 Å². The molecule has 1 aliphatic heterocycles. The molecule has 1 atom stereocenters. The molecule has 1 aliphatic carbocycles. The molecular weight excluding hydrogens is 442 g/mol. The Hall–Kier alpha value is -4.48. The van der Waals surface area contributed by atoms with E-state index in [1.165, 1.54) is 12.1 Å². The van der Waals surface area contributed by atoms with Gasteiger partial charge >= 0.3 is 0 Å². The highest BCUT2D eigenvalue weighted by molar-refractivity contribution is 5.86. The average molecular weight is 463 g/mol. The molecule has 0 radical (unpaired) electrons. The summed E-state index contributed by atoms with van der Waals surface area (Å²) in [6, 6.07) is 5.93. The van der Waals surface area contributed by atoms with Crippen LogP contribution in [0.5, 0.6) is 0 Å². The number of amides is 2. The zero-order chi connectivity index (χ0) is 23.9. The van der Waals surface area contributed by atoms with Crippen molar-refractivity contribution in [2.75, 3.05) is 13.1 Å². The number of benzene rings is 1. The predicted octanol–water partition coefficient (Wildman–Crippen LogP) is 2.62. The first-order chi connectivity index (χ1) is 16.5. The van der Waals surface area contributed by atoms with E-state index in [9.17, 15) is 19.7 Å². The number of fused-ring (bicyclic) bond motifs is 1. The predicted molar refractivity (Wildman–Crippen MR) is 119 cm³/mol. The Morgan fingerprint density at radius 2 is 2.09 bits per heavy atom. The van der Waals surface area contributed by atoms with Gasteiger partial charge in [0.2, 0.25) is 17.6 Å². The standard InChI is InChI=1S/C22H21N7O5/c30-18(9-10-19-25-20(28-34-19)14-5-3-6-15(13-14)29(32)33)23-11-4-12-24-21-16-7-1-2-8-17(16)22(31)27-26-21/h1-3,5-8,13,17,24H,4,9-12H2,(H,23,30). The highest BCUT2D eigenvalue weighted by Crippen LogP contribution is 2.27. The van der Waals surface area contributed by atoms with Crippen molar-refractivity contribution in [3.8, 4) is 11.4 Å². The Kier molecular flexibility index (Phi) is 6.96. The number of hydrogen-bond donors (Lipinski definition) is 2. The summed E-state index contributed by atoms with van der Waals surface area (Å²) in [5.41, 5.74) is 1.18. The molecule has 174 valence electrons. The summed E-state index contributed by atoms with van der Waals surface area (Å²) in [6.07, 6.45) is 8.33. The molecule has 0 fully saturated rings. The normalized spacial score (nSPS) is 16.5. The zero-order valence-electron chi connectivity index (χ0n) is 18.0. The van der Waals surface area contributed by atoms with Crippen molar-refractivity contribution < 1.29 is 19.0 Å². The minimum absolute atomic E-state index is 0.0680. The van der Waals surface area contributed by atoms with Gasteiger partial charge in [-0.05, 0) is 6.42 Å². The molecule has 1 aromatic carbocycles. The third kappa shape index (κ3) is 5.46. The second-order valence-electron chi connectivity index (χ2n) is 7.51. The summed E-state index contributed by atoms with van der Waals surface area (Å²) >= 11 is 0. The Labute approximate surface area is 193 Å². The number of hydrogen-bond acceptors (Lipinski definition) is 9. The van der Waals surface area contributed by atoms with Crippen molar-refractivity contribution in [3.63, 3.8) is 0 Å². The smallest absolute Gasteiger partial charge is 0.276 e. The number of non-ortho nitro benzene ring substituents is 1. The SMILES string of the molecule is O=C(CCc1nc(-c2cccc([N+](=O)[O-])c2)no1)NCCCNC1=C2C=CC=CC2C(=O)N=N1. The monoisotopic (exact) mass is 463 g/mol. The van der Waals surface area contributed by atoms with Gasteiger partial charge in [0.15, 0.2) is 5.82 Å². The number of nitro benzene ring substituents is 1. The summed E-state index contributed by atoms with van der Waals surface area (Å²) in [5, 5.41) is 28.3. The van der Waals surface area contributed by atoms with Gasteiger partial charge in [0, 0.05) is 49.2 Å². The van der Waals surface area contributed by atoms with Crippen molar-refractivity contribution in [3.05, 3.63) is 76.0 Å². The lowest BCUT2D eigenvalue weighted by molar-refractivity contribution is -0.384. The number of carbonyl (C=O) groups is 2. The highest BCUT2D eigenvalue weighted by Gasteiger charge is 2.26. The minimum atomic E-state index is -0.497. The number of nitrogens with zero attached hydrogens (tertiary/aromatic N) is 5. The lowest BCUT2D eigenvalue weighted by Gasteiger charge is -2.20. The lowest BCUT2D eigenvalue weighted by atomic mass is 9.93. The van der Waals surface area contributed by atoms with Gasteiger partial charge in [-0.25, -0.2) is 0 Å². The topological polar surface area (TPSA) is 165 Å². The van der Waals surface area contributed by atoms with Gasteiger partial charge < -0.3 is 15.2 Å². The molecule has 2 heterocycles. The van der Waals surface area contributed by atoms with Crippen LogP contribution in [0.15, 0.2) is 74.7 Å². The maximum atomic E-state index is 12.1. The first-order valence-electron chi connectivity index (χ1n) is 10.6. The Bertz CT molecular complexity index is 1230. The Balaban J connectivity index is 1.18. The van der Waals surface area contributed by atoms with Crippen LogP contribution in [0.3, 0.4) is 0 Å². The third-order valence-corrected chi connectivity index (χ3v) is 5.13. The number of aromatic nitrogens is 2. The van der Waals surface area contributed by atoms with Gasteiger partial charge in [0.05, 0.1) is 10.8 Å². The van der Waals surface area contributed by atoms with E-state index in [-0.39, 0.29) is 42.1 Å². The Morgan fingerprint density at radius 1 is 1.21 bits per heavy atom. The summed E-state index contributed by atoms with van der Waals surface area (Å²) in [4.78, 5) is 38.5.